The topological polar surface area (TPSA) is 216 Å². The first-order chi connectivity index (χ1) is 37.2. The summed E-state index contributed by atoms with van der Waals surface area (Å²) >= 11 is 18.0. The third-order valence-corrected chi connectivity index (χ3v) is 12.5. The summed E-state index contributed by atoms with van der Waals surface area (Å²) in [5, 5.41) is 4.44. The summed E-state index contributed by atoms with van der Waals surface area (Å²) in [5.74, 6) is -4.72. The molecule has 8 rings (SSSR count). The van der Waals surface area contributed by atoms with Crippen molar-refractivity contribution in [3.8, 4) is 0 Å². The first-order valence-electron chi connectivity index (χ1n) is 23.9. The van der Waals surface area contributed by atoms with Crippen LogP contribution in [0.5, 0.6) is 0 Å². The molecule has 2 heterocycles. The van der Waals surface area contributed by atoms with Gasteiger partial charge in [0.15, 0.2) is 37.0 Å². The van der Waals surface area contributed by atoms with Gasteiger partial charge in [0.2, 0.25) is 3.79 Å². The molecule has 21 heteroatoms. The van der Waals surface area contributed by atoms with Gasteiger partial charge in [0.1, 0.15) is 37.6 Å². The summed E-state index contributed by atoms with van der Waals surface area (Å²) in [6, 6.07) is 42.8. The molecule has 6 aromatic carbocycles. The lowest BCUT2D eigenvalue weighted by Gasteiger charge is -2.49. The number of carbonyl (C=O) groups is 6. The fourth-order valence-electron chi connectivity index (χ4n) is 8.49. The van der Waals surface area contributed by atoms with Crippen LogP contribution in [0.25, 0.3) is 10.8 Å². The third-order valence-electron chi connectivity index (χ3n) is 12.2. The number of alkyl carbamates (subject to hydrolysis) is 1. The number of rotatable bonds is 18. The zero-order valence-electron chi connectivity index (χ0n) is 41.1. The monoisotopic (exact) mass is 1110 g/mol. The third kappa shape index (κ3) is 14.7. The highest BCUT2D eigenvalue weighted by Gasteiger charge is 2.58. The highest BCUT2D eigenvalue weighted by atomic mass is 35.6. The van der Waals surface area contributed by atoms with Gasteiger partial charge >= 0.3 is 35.9 Å². The lowest BCUT2D eigenvalue weighted by atomic mass is 9.94. The average Bonchev–Trinajstić information content (AvgIpc) is 3.46. The summed E-state index contributed by atoms with van der Waals surface area (Å²) in [6.07, 6.45) is -17.0. The number of ether oxygens (including phenoxy) is 11. The first kappa shape index (κ1) is 56.1. The van der Waals surface area contributed by atoms with Gasteiger partial charge < -0.3 is 57.4 Å². The smallest absolute Gasteiger partial charge is 0.407 e. The molecular formula is C56H50Cl3NO17. The van der Waals surface area contributed by atoms with Gasteiger partial charge in [-0.25, -0.2) is 28.8 Å². The summed E-state index contributed by atoms with van der Waals surface area (Å²) in [4.78, 5) is 83.9. The second-order valence-corrected chi connectivity index (χ2v) is 19.8. The fourth-order valence-corrected chi connectivity index (χ4v) is 8.65. The van der Waals surface area contributed by atoms with Crippen molar-refractivity contribution in [2.75, 3.05) is 27.4 Å². The zero-order chi connectivity index (χ0) is 54.5. The molecule has 402 valence electrons. The Balaban J connectivity index is 1.26. The van der Waals surface area contributed by atoms with Gasteiger partial charge in [0.05, 0.1) is 36.0 Å². The minimum Gasteiger partial charge on any atom is -0.467 e. The van der Waals surface area contributed by atoms with Crippen LogP contribution in [-0.4, -0.2) is 129 Å². The van der Waals surface area contributed by atoms with Gasteiger partial charge in [0.25, 0.3) is 0 Å². The Kier molecular flexibility index (Phi) is 19.1. The number of amides is 1. The minimum atomic E-state index is -2.09. The van der Waals surface area contributed by atoms with E-state index in [2.05, 4.69) is 5.32 Å². The average molecular weight is 1120 g/mol. The Morgan fingerprint density at radius 2 is 1.04 bits per heavy atom. The van der Waals surface area contributed by atoms with Crippen molar-refractivity contribution in [2.24, 2.45) is 0 Å². The summed E-state index contributed by atoms with van der Waals surface area (Å²) < 4.78 is 65.0. The number of methoxy groups -OCH3 is 2. The molecule has 6 aromatic rings. The summed E-state index contributed by atoms with van der Waals surface area (Å²) in [7, 11) is 2.26. The van der Waals surface area contributed by atoms with Crippen LogP contribution >= 0.6 is 34.8 Å². The first-order valence-corrected chi connectivity index (χ1v) is 25.0. The van der Waals surface area contributed by atoms with E-state index in [1.54, 1.807) is 78.9 Å². The molecule has 2 aliphatic heterocycles. The maximum atomic E-state index is 14.3. The van der Waals surface area contributed by atoms with Crippen LogP contribution in [0.3, 0.4) is 0 Å². The normalized spacial score (nSPS) is 23.1. The van der Waals surface area contributed by atoms with Gasteiger partial charge in [-0.2, -0.15) is 0 Å². The van der Waals surface area contributed by atoms with E-state index in [9.17, 15) is 28.8 Å². The van der Waals surface area contributed by atoms with E-state index in [1.807, 2.05) is 36.4 Å². The van der Waals surface area contributed by atoms with Crippen molar-refractivity contribution in [3.05, 3.63) is 192 Å². The SMILES string of the molecule is COC(=O)[C@H]1O[C@@H](O[C@@H]2[C@@H](NC(=O)OCC(Cl)(Cl)Cl)[C@H](OCc3ccc4ccccc4c3)O[C@H](COC(=O)c3ccccc3)[C@H]2OC(=O)c2ccccc2)[C@H](OC(=O)c2ccccc2)[C@@H](OC)[C@@H]1OC(=O)c1ccccc1. The number of esters is 5. The second-order valence-electron chi connectivity index (χ2n) is 17.3. The summed E-state index contributed by atoms with van der Waals surface area (Å²) in [5.41, 5.74) is 0.972. The van der Waals surface area contributed by atoms with Crippen LogP contribution in [0.15, 0.2) is 164 Å². The van der Waals surface area contributed by atoms with Crippen LogP contribution in [0, 0.1) is 0 Å². The second kappa shape index (κ2) is 26.3. The Morgan fingerprint density at radius 3 is 1.57 bits per heavy atom. The van der Waals surface area contributed by atoms with Gasteiger partial charge in [-0.05, 0) is 70.9 Å². The van der Waals surface area contributed by atoms with Gasteiger partial charge in [-0.15, -0.1) is 0 Å². The van der Waals surface area contributed by atoms with Crippen LogP contribution in [0.1, 0.15) is 47.0 Å². The molecular weight excluding hydrogens is 1060 g/mol. The Morgan fingerprint density at radius 1 is 0.532 bits per heavy atom. The van der Waals surface area contributed by atoms with Crippen LogP contribution in [0.4, 0.5) is 4.79 Å². The maximum Gasteiger partial charge on any atom is 0.407 e. The van der Waals surface area contributed by atoms with E-state index in [-0.39, 0.29) is 28.9 Å². The Labute approximate surface area is 456 Å². The van der Waals surface area contributed by atoms with E-state index >= 15 is 0 Å². The molecule has 1 amide bonds. The molecule has 2 aliphatic rings. The van der Waals surface area contributed by atoms with Crippen LogP contribution < -0.4 is 5.32 Å². The van der Waals surface area contributed by atoms with Crippen molar-refractivity contribution in [1.29, 1.82) is 0 Å². The van der Waals surface area contributed by atoms with Crippen LogP contribution in [0.2, 0.25) is 0 Å². The van der Waals surface area contributed by atoms with E-state index in [0.29, 0.717) is 5.56 Å². The van der Waals surface area contributed by atoms with E-state index in [1.165, 1.54) is 55.6 Å². The van der Waals surface area contributed by atoms with Gasteiger partial charge in [-0.3, -0.25) is 0 Å². The molecule has 0 aliphatic carbocycles. The van der Waals surface area contributed by atoms with Gasteiger partial charge in [0, 0.05) is 7.11 Å². The number of hydrogen-bond donors (Lipinski definition) is 1. The summed E-state index contributed by atoms with van der Waals surface area (Å²) in [6.45, 7) is -1.61. The molecule has 10 atom stereocenters. The largest absolute Gasteiger partial charge is 0.467 e. The van der Waals surface area contributed by atoms with E-state index < -0.39 is 114 Å². The van der Waals surface area contributed by atoms with Crippen LogP contribution in [-0.2, 0) is 63.5 Å². The van der Waals surface area contributed by atoms with Crippen molar-refractivity contribution < 1.29 is 80.9 Å². The van der Waals surface area contributed by atoms with Crippen molar-refractivity contribution >= 4 is 81.5 Å². The quantitative estimate of drug-likeness (QED) is 0.0486. The van der Waals surface area contributed by atoms with E-state index in [4.69, 9.17) is 86.9 Å². The molecule has 0 unspecified atom stereocenters. The molecule has 77 heavy (non-hydrogen) atoms. The fraction of sp³-hybridized carbons (Fsp3) is 0.286. The minimum absolute atomic E-state index is 0.0458. The predicted octanol–water partition coefficient (Wildman–Crippen LogP) is 8.38. The van der Waals surface area contributed by atoms with Gasteiger partial charge in [-0.1, -0.05) is 144 Å². The highest BCUT2D eigenvalue weighted by Crippen LogP contribution is 2.36. The number of carbonyl (C=O) groups excluding carboxylic acids is 6. The standard InChI is InChI=1S/C56H50Cl3NO17/c1-67-44-45(74-50(63)37-22-11-5-12-23-37)46(52(65)68-2)77-54(47(44)75-51(64)38-24-13-6-14-25-38)76-43-41(60-55(66)71-32-56(57,58)59)53(70-30-33-27-28-34-17-15-16-26-39(34)29-33)72-40(31-69-48(61)35-18-7-3-8-19-35)42(43)73-49(62)36-20-9-4-10-21-36/h3-29,40-47,53-54H,30-32H2,1-2H3,(H,60,66)/t40-,41-,42-,43-,44+,45+,46+,47-,53-,54-/m1/s1. The number of fused-ring (bicyclic) bond motifs is 1. The highest BCUT2D eigenvalue weighted by molar-refractivity contribution is 6.67. The molecule has 2 saturated heterocycles. The number of hydrogen-bond acceptors (Lipinski definition) is 17. The molecule has 0 aromatic heterocycles. The lowest BCUT2D eigenvalue weighted by molar-refractivity contribution is -0.340. The molecule has 0 spiro atoms. The van der Waals surface area contributed by atoms with Crippen molar-refractivity contribution in [3.63, 3.8) is 0 Å². The number of halogens is 3. The van der Waals surface area contributed by atoms with E-state index in [0.717, 1.165) is 17.9 Å². The maximum absolute atomic E-state index is 14.3. The Hall–Kier alpha value is -7.13. The molecule has 0 saturated carbocycles. The Bertz CT molecular complexity index is 2970. The number of benzene rings is 6. The molecule has 2 fully saturated rings. The number of nitrogens with one attached hydrogen (secondary N) is 1. The molecule has 18 nitrogen and oxygen atoms in total. The lowest BCUT2D eigenvalue weighted by Crippen LogP contribution is -2.69. The molecule has 1 N–H and O–H groups in total. The van der Waals surface area contributed by atoms with Crippen molar-refractivity contribution in [1.82, 2.24) is 5.32 Å². The molecule has 0 bridgehead atoms. The van der Waals surface area contributed by atoms with Crippen molar-refractivity contribution in [2.45, 2.75) is 71.7 Å². The zero-order valence-corrected chi connectivity index (χ0v) is 43.3. The number of alkyl halides is 3. The molecule has 0 radical (unpaired) electrons. The predicted molar refractivity (Wildman–Crippen MR) is 276 cm³/mol.